The van der Waals surface area contributed by atoms with E-state index in [4.69, 9.17) is 15.2 Å². The van der Waals surface area contributed by atoms with E-state index in [0.29, 0.717) is 17.9 Å². The van der Waals surface area contributed by atoms with Crippen LogP contribution in [0.2, 0.25) is 0 Å². The minimum Gasteiger partial charge on any atom is -0.496 e. The second-order valence-electron chi connectivity index (χ2n) is 4.71. The Labute approximate surface area is 113 Å². The highest BCUT2D eigenvalue weighted by Gasteiger charge is 2.28. The zero-order valence-electron chi connectivity index (χ0n) is 11.4. The number of likely N-dealkylation sites (N-methyl/N-ethyl adjacent to an activating group) is 1. The normalized spacial score (nSPS) is 22.2. The van der Waals surface area contributed by atoms with Crippen molar-refractivity contribution in [2.45, 2.75) is 19.1 Å². The fourth-order valence-corrected chi connectivity index (χ4v) is 2.40. The first-order valence-electron chi connectivity index (χ1n) is 6.58. The van der Waals surface area contributed by atoms with Crippen molar-refractivity contribution in [3.63, 3.8) is 0 Å². The molecule has 4 nitrogen and oxygen atoms in total. The van der Waals surface area contributed by atoms with Gasteiger partial charge in [-0.05, 0) is 24.7 Å². The Morgan fingerprint density at radius 3 is 3.05 bits per heavy atom. The van der Waals surface area contributed by atoms with Gasteiger partial charge in [0.2, 0.25) is 0 Å². The first-order chi connectivity index (χ1) is 9.15. The van der Waals surface area contributed by atoms with Crippen LogP contribution in [0.4, 0.5) is 4.39 Å². The van der Waals surface area contributed by atoms with Crippen LogP contribution in [-0.4, -0.2) is 44.4 Å². The van der Waals surface area contributed by atoms with Crippen molar-refractivity contribution in [2.24, 2.45) is 5.73 Å². The van der Waals surface area contributed by atoms with Crippen molar-refractivity contribution in [2.75, 3.05) is 33.4 Å². The van der Waals surface area contributed by atoms with Gasteiger partial charge in [-0.3, -0.25) is 4.90 Å². The van der Waals surface area contributed by atoms with E-state index in [0.717, 1.165) is 19.6 Å². The van der Waals surface area contributed by atoms with Crippen LogP contribution in [0.5, 0.6) is 5.75 Å². The van der Waals surface area contributed by atoms with Crippen molar-refractivity contribution < 1.29 is 13.9 Å². The van der Waals surface area contributed by atoms with Crippen LogP contribution in [0.15, 0.2) is 18.2 Å². The molecule has 5 heteroatoms. The van der Waals surface area contributed by atoms with Gasteiger partial charge < -0.3 is 15.2 Å². The molecule has 2 rings (SSSR count). The fourth-order valence-electron chi connectivity index (χ4n) is 2.40. The van der Waals surface area contributed by atoms with E-state index < -0.39 is 0 Å². The maximum atomic E-state index is 13.4. The molecule has 1 aromatic carbocycles. The minimum absolute atomic E-state index is 0.135. The predicted molar refractivity (Wildman–Crippen MR) is 71.7 cm³/mol. The molecule has 0 aliphatic carbocycles. The number of rotatable bonds is 4. The lowest BCUT2D eigenvalue weighted by atomic mass is 9.99. The largest absolute Gasteiger partial charge is 0.496 e. The number of methoxy groups -OCH3 is 1. The third-order valence-corrected chi connectivity index (χ3v) is 3.58. The molecule has 1 heterocycles. The molecular weight excluding hydrogens is 247 g/mol. The maximum absolute atomic E-state index is 13.4. The number of halogens is 1. The van der Waals surface area contributed by atoms with E-state index in [9.17, 15) is 4.39 Å². The quantitative estimate of drug-likeness (QED) is 0.900. The maximum Gasteiger partial charge on any atom is 0.123 e. The summed E-state index contributed by atoms with van der Waals surface area (Å²) in [6.07, 6.45) is -0.135. The smallest absolute Gasteiger partial charge is 0.123 e. The van der Waals surface area contributed by atoms with E-state index in [1.807, 2.05) is 0 Å². The Morgan fingerprint density at radius 2 is 2.37 bits per heavy atom. The van der Waals surface area contributed by atoms with Gasteiger partial charge in [0.15, 0.2) is 0 Å². The number of ether oxygens (including phenoxy) is 2. The highest BCUT2D eigenvalue weighted by Crippen LogP contribution is 2.29. The molecule has 2 atom stereocenters. The molecule has 1 fully saturated rings. The number of nitrogens with zero attached hydrogens (tertiary/aromatic N) is 1. The topological polar surface area (TPSA) is 47.7 Å². The Hall–Kier alpha value is -1.17. The molecule has 2 N–H and O–H groups in total. The summed E-state index contributed by atoms with van der Waals surface area (Å²) in [7, 11) is 1.56. The summed E-state index contributed by atoms with van der Waals surface area (Å²) in [4.78, 5) is 2.28. The van der Waals surface area contributed by atoms with Crippen LogP contribution in [0.3, 0.4) is 0 Å². The number of nitrogens with two attached hydrogens (primary N) is 1. The van der Waals surface area contributed by atoms with E-state index in [1.54, 1.807) is 13.2 Å². The molecule has 19 heavy (non-hydrogen) atoms. The highest BCUT2D eigenvalue weighted by molar-refractivity contribution is 5.37. The molecule has 0 spiro atoms. The van der Waals surface area contributed by atoms with Crippen LogP contribution in [0.1, 0.15) is 18.5 Å². The highest BCUT2D eigenvalue weighted by atomic mass is 19.1. The SMILES string of the molecule is CCN1CCOC(C(N)c2cc(F)ccc2OC)C1. The van der Waals surface area contributed by atoms with Gasteiger partial charge in [-0.15, -0.1) is 0 Å². The molecule has 1 aliphatic heterocycles. The average molecular weight is 268 g/mol. The lowest BCUT2D eigenvalue weighted by Gasteiger charge is -2.35. The van der Waals surface area contributed by atoms with Gasteiger partial charge in [0.05, 0.1) is 25.9 Å². The summed E-state index contributed by atoms with van der Waals surface area (Å²) >= 11 is 0. The summed E-state index contributed by atoms with van der Waals surface area (Å²) in [5.74, 6) is 0.292. The van der Waals surface area contributed by atoms with Crippen molar-refractivity contribution in [3.05, 3.63) is 29.6 Å². The molecule has 1 aromatic rings. The third-order valence-electron chi connectivity index (χ3n) is 3.58. The second kappa shape index (κ2) is 6.32. The second-order valence-corrected chi connectivity index (χ2v) is 4.71. The molecule has 0 aromatic heterocycles. The molecule has 0 radical (unpaired) electrons. The zero-order chi connectivity index (χ0) is 13.8. The molecular formula is C14H21FN2O2. The molecule has 1 saturated heterocycles. The average Bonchev–Trinajstić information content (AvgIpc) is 2.46. The Kier molecular flexibility index (Phi) is 4.74. The first kappa shape index (κ1) is 14.2. The van der Waals surface area contributed by atoms with Gasteiger partial charge in [-0.1, -0.05) is 6.92 Å². The van der Waals surface area contributed by atoms with Gasteiger partial charge >= 0.3 is 0 Å². The van der Waals surface area contributed by atoms with Crippen molar-refractivity contribution in [1.82, 2.24) is 4.90 Å². The Bertz CT molecular complexity index is 428. The summed E-state index contributed by atoms with van der Waals surface area (Å²) in [6.45, 7) is 5.41. The molecule has 0 amide bonds. The minimum atomic E-state index is -0.389. The van der Waals surface area contributed by atoms with Gasteiger partial charge in [0, 0.05) is 18.7 Å². The predicted octanol–water partition coefficient (Wildman–Crippen LogP) is 1.55. The van der Waals surface area contributed by atoms with Crippen molar-refractivity contribution in [1.29, 1.82) is 0 Å². The van der Waals surface area contributed by atoms with Crippen molar-refractivity contribution >= 4 is 0 Å². The first-order valence-corrected chi connectivity index (χ1v) is 6.58. The lowest BCUT2D eigenvalue weighted by Crippen LogP contribution is -2.46. The number of hydrogen-bond acceptors (Lipinski definition) is 4. The Morgan fingerprint density at radius 1 is 1.58 bits per heavy atom. The van der Waals surface area contributed by atoms with Gasteiger partial charge in [0.25, 0.3) is 0 Å². The summed E-state index contributed by atoms with van der Waals surface area (Å²) < 4.78 is 24.4. The number of hydrogen-bond donors (Lipinski definition) is 1. The van der Waals surface area contributed by atoms with Gasteiger partial charge in [0.1, 0.15) is 11.6 Å². The van der Waals surface area contributed by atoms with Gasteiger partial charge in [-0.25, -0.2) is 4.39 Å². The standard InChI is InChI=1S/C14H21FN2O2/c1-3-17-6-7-19-13(9-17)14(16)11-8-10(15)4-5-12(11)18-2/h4-5,8,13-14H,3,6-7,9,16H2,1-2H3. The fraction of sp³-hybridized carbons (Fsp3) is 0.571. The summed E-state index contributed by atoms with van der Waals surface area (Å²) in [6, 6.07) is 4.01. The van der Waals surface area contributed by atoms with E-state index in [1.165, 1.54) is 12.1 Å². The van der Waals surface area contributed by atoms with Crippen molar-refractivity contribution in [3.8, 4) is 5.75 Å². The number of morpholine rings is 1. The Balaban J connectivity index is 2.18. The van der Waals surface area contributed by atoms with Crippen LogP contribution in [-0.2, 0) is 4.74 Å². The third kappa shape index (κ3) is 3.23. The van der Waals surface area contributed by atoms with Crippen LogP contribution in [0, 0.1) is 5.82 Å². The summed E-state index contributed by atoms with van der Waals surface area (Å²) in [5, 5.41) is 0. The zero-order valence-corrected chi connectivity index (χ0v) is 11.4. The van der Waals surface area contributed by atoms with E-state index in [2.05, 4.69) is 11.8 Å². The monoisotopic (exact) mass is 268 g/mol. The van der Waals surface area contributed by atoms with Crippen LogP contribution < -0.4 is 10.5 Å². The molecule has 0 bridgehead atoms. The lowest BCUT2D eigenvalue weighted by molar-refractivity contribution is -0.0395. The van der Waals surface area contributed by atoms with E-state index >= 15 is 0 Å². The summed E-state index contributed by atoms with van der Waals surface area (Å²) in [5.41, 5.74) is 6.89. The molecule has 1 aliphatic rings. The van der Waals surface area contributed by atoms with Crippen LogP contribution in [0.25, 0.3) is 0 Å². The molecule has 2 unspecified atom stereocenters. The van der Waals surface area contributed by atoms with Crippen LogP contribution >= 0.6 is 0 Å². The van der Waals surface area contributed by atoms with Gasteiger partial charge in [-0.2, -0.15) is 0 Å². The van der Waals surface area contributed by atoms with E-state index in [-0.39, 0.29) is 18.0 Å². The molecule has 0 saturated carbocycles. The molecule has 106 valence electrons. The number of benzene rings is 1.